The van der Waals surface area contributed by atoms with Crippen LogP contribution >= 0.6 is 11.3 Å². The van der Waals surface area contributed by atoms with E-state index in [1.165, 1.54) is 30.6 Å². The molecule has 8 heteroatoms. The SMILES string of the molecule is CCOC(=O)c1cnc(NC)c2c(COc3cccc(C(=O)NC4CCCCC4)c3)csc12. The zero-order chi connectivity index (χ0) is 23.2. The molecule has 0 unspecified atom stereocenters. The number of carbonyl (C=O) groups is 2. The summed E-state index contributed by atoms with van der Waals surface area (Å²) in [6.45, 7) is 2.37. The third-order valence-corrected chi connectivity index (χ3v) is 6.90. The van der Waals surface area contributed by atoms with Gasteiger partial charge in [0.25, 0.3) is 5.91 Å². The molecule has 33 heavy (non-hydrogen) atoms. The maximum atomic E-state index is 12.7. The number of hydrogen-bond acceptors (Lipinski definition) is 7. The minimum atomic E-state index is -0.386. The van der Waals surface area contributed by atoms with Gasteiger partial charge in [-0.15, -0.1) is 11.3 Å². The number of rotatable bonds is 8. The van der Waals surface area contributed by atoms with Crippen molar-refractivity contribution in [3.8, 4) is 5.75 Å². The van der Waals surface area contributed by atoms with Crippen LogP contribution in [0.4, 0.5) is 5.82 Å². The third kappa shape index (κ3) is 5.27. The summed E-state index contributed by atoms with van der Waals surface area (Å²) in [6.07, 6.45) is 7.22. The molecule has 1 aliphatic rings. The van der Waals surface area contributed by atoms with Crippen LogP contribution in [0.1, 0.15) is 65.3 Å². The fourth-order valence-electron chi connectivity index (χ4n) is 4.16. The number of pyridine rings is 1. The molecular weight excluding hydrogens is 438 g/mol. The molecule has 0 aliphatic heterocycles. The van der Waals surface area contributed by atoms with Crippen LogP contribution in [0, 0.1) is 0 Å². The smallest absolute Gasteiger partial charge is 0.341 e. The molecule has 0 radical (unpaired) electrons. The molecule has 1 saturated carbocycles. The number of aromatic nitrogens is 1. The number of anilines is 1. The second-order valence-corrected chi connectivity index (χ2v) is 8.96. The van der Waals surface area contributed by atoms with E-state index in [2.05, 4.69) is 15.6 Å². The normalized spacial score (nSPS) is 14.1. The first-order chi connectivity index (χ1) is 16.1. The highest BCUT2D eigenvalue weighted by Gasteiger charge is 2.20. The standard InChI is InChI=1S/C25H29N3O4S/c1-3-31-25(30)20-13-27-23(26-2)21-17(15-33-22(20)21)14-32-19-11-7-8-16(12-19)24(29)28-18-9-5-4-6-10-18/h7-8,11-13,15,18H,3-6,9-10,14H2,1-2H3,(H,26,27)(H,28,29). The Kier molecular flexibility index (Phi) is 7.44. The highest BCUT2D eigenvalue weighted by Crippen LogP contribution is 2.34. The maximum absolute atomic E-state index is 12.7. The van der Waals surface area contributed by atoms with Gasteiger partial charge in [-0.1, -0.05) is 25.3 Å². The van der Waals surface area contributed by atoms with Crippen molar-refractivity contribution >= 4 is 39.1 Å². The van der Waals surface area contributed by atoms with Crippen LogP contribution in [0.3, 0.4) is 0 Å². The van der Waals surface area contributed by atoms with Crippen molar-refractivity contribution in [3.63, 3.8) is 0 Å². The van der Waals surface area contributed by atoms with Crippen molar-refractivity contribution in [3.05, 3.63) is 52.5 Å². The molecule has 1 fully saturated rings. The van der Waals surface area contributed by atoms with Crippen molar-refractivity contribution < 1.29 is 19.1 Å². The summed E-state index contributed by atoms with van der Waals surface area (Å²) < 4.78 is 12.0. The predicted octanol–water partition coefficient (Wildman–Crippen LogP) is 5.16. The molecule has 0 atom stereocenters. The van der Waals surface area contributed by atoms with Crippen LogP contribution in [-0.4, -0.2) is 36.6 Å². The number of amides is 1. The van der Waals surface area contributed by atoms with E-state index >= 15 is 0 Å². The zero-order valence-electron chi connectivity index (χ0n) is 19.0. The summed E-state index contributed by atoms with van der Waals surface area (Å²) in [7, 11) is 1.79. The predicted molar refractivity (Wildman–Crippen MR) is 130 cm³/mol. The molecule has 1 amide bonds. The molecule has 2 N–H and O–H groups in total. The van der Waals surface area contributed by atoms with E-state index in [1.807, 2.05) is 17.5 Å². The Morgan fingerprint density at radius 3 is 2.79 bits per heavy atom. The summed E-state index contributed by atoms with van der Waals surface area (Å²) >= 11 is 1.46. The quantitative estimate of drug-likeness (QED) is 0.445. The van der Waals surface area contributed by atoms with Crippen LogP contribution < -0.4 is 15.4 Å². The largest absolute Gasteiger partial charge is 0.489 e. The van der Waals surface area contributed by atoms with Gasteiger partial charge in [-0.25, -0.2) is 9.78 Å². The molecule has 1 aromatic carbocycles. The average molecular weight is 468 g/mol. The monoisotopic (exact) mass is 467 g/mol. The Morgan fingerprint density at radius 1 is 1.21 bits per heavy atom. The van der Waals surface area contributed by atoms with E-state index in [4.69, 9.17) is 9.47 Å². The second-order valence-electron chi connectivity index (χ2n) is 8.08. The fourth-order valence-corrected chi connectivity index (χ4v) is 5.21. The first-order valence-corrected chi connectivity index (χ1v) is 12.3. The number of esters is 1. The average Bonchev–Trinajstić information content (AvgIpc) is 3.27. The number of thiophene rings is 1. The minimum Gasteiger partial charge on any atom is -0.489 e. The number of ether oxygens (including phenoxy) is 2. The number of benzene rings is 1. The molecule has 4 rings (SSSR count). The summed E-state index contributed by atoms with van der Waals surface area (Å²) in [6, 6.07) is 7.51. The van der Waals surface area contributed by atoms with Crippen LogP contribution in [0.5, 0.6) is 5.75 Å². The molecular formula is C25H29N3O4S. The molecule has 3 aromatic rings. The zero-order valence-corrected chi connectivity index (χ0v) is 19.8. The van der Waals surface area contributed by atoms with E-state index in [9.17, 15) is 9.59 Å². The Hall–Kier alpha value is -3.13. The Morgan fingerprint density at radius 2 is 2.03 bits per heavy atom. The maximum Gasteiger partial charge on any atom is 0.341 e. The number of hydrogen-bond donors (Lipinski definition) is 2. The Bertz CT molecular complexity index is 1140. The molecule has 7 nitrogen and oxygen atoms in total. The Labute approximate surface area is 197 Å². The summed E-state index contributed by atoms with van der Waals surface area (Å²) in [5, 5.41) is 9.05. The van der Waals surface area contributed by atoms with Gasteiger partial charge in [0.1, 0.15) is 18.2 Å². The van der Waals surface area contributed by atoms with E-state index in [-0.39, 0.29) is 24.5 Å². The lowest BCUT2D eigenvalue weighted by Crippen LogP contribution is -2.36. The Balaban J connectivity index is 1.50. The van der Waals surface area contributed by atoms with Crippen molar-refractivity contribution in [1.29, 1.82) is 0 Å². The fraction of sp³-hybridized carbons (Fsp3) is 0.400. The van der Waals surface area contributed by atoms with Gasteiger partial charge in [0, 0.05) is 35.8 Å². The summed E-state index contributed by atoms with van der Waals surface area (Å²) in [5.74, 6) is 0.849. The van der Waals surface area contributed by atoms with E-state index in [0.717, 1.165) is 28.5 Å². The van der Waals surface area contributed by atoms with Crippen LogP contribution in [0.25, 0.3) is 10.1 Å². The minimum absolute atomic E-state index is 0.0610. The lowest BCUT2D eigenvalue weighted by molar-refractivity contribution is 0.0528. The number of fused-ring (bicyclic) bond motifs is 1. The van der Waals surface area contributed by atoms with E-state index in [1.54, 1.807) is 32.3 Å². The van der Waals surface area contributed by atoms with Gasteiger partial charge in [-0.3, -0.25) is 4.79 Å². The van der Waals surface area contributed by atoms with Crippen molar-refractivity contribution in [2.45, 2.75) is 51.7 Å². The van der Waals surface area contributed by atoms with Crippen molar-refractivity contribution in [2.24, 2.45) is 0 Å². The number of carbonyl (C=O) groups excluding carboxylic acids is 2. The molecule has 2 aromatic heterocycles. The van der Waals surface area contributed by atoms with Gasteiger partial charge in [-0.2, -0.15) is 0 Å². The van der Waals surface area contributed by atoms with Gasteiger partial charge in [0.05, 0.1) is 16.9 Å². The number of nitrogens with one attached hydrogen (secondary N) is 2. The molecule has 2 heterocycles. The van der Waals surface area contributed by atoms with Crippen molar-refractivity contribution in [2.75, 3.05) is 19.0 Å². The first-order valence-electron chi connectivity index (χ1n) is 11.4. The molecule has 0 spiro atoms. The molecule has 174 valence electrons. The molecule has 0 saturated heterocycles. The first kappa shape index (κ1) is 23.0. The highest BCUT2D eigenvalue weighted by molar-refractivity contribution is 7.17. The van der Waals surface area contributed by atoms with Gasteiger partial charge in [-0.05, 0) is 43.3 Å². The van der Waals surface area contributed by atoms with Gasteiger partial charge < -0.3 is 20.1 Å². The lowest BCUT2D eigenvalue weighted by atomic mass is 9.95. The van der Waals surface area contributed by atoms with Gasteiger partial charge in [0.15, 0.2) is 0 Å². The summed E-state index contributed by atoms with van der Waals surface area (Å²) in [4.78, 5) is 29.4. The van der Waals surface area contributed by atoms with Crippen LogP contribution in [0.2, 0.25) is 0 Å². The second kappa shape index (κ2) is 10.7. The van der Waals surface area contributed by atoms with Gasteiger partial charge in [0.2, 0.25) is 0 Å². The number of nitrogens with zero attached hydrogens (tertiary/aromatic N) is 1. The lowest BCUT2D eigenvalue weighted by Gasteiger charge is -2.22. The molecule has 0 bridgehead atoms. The van der Waals surface area contributed by atoms with E-state index < -0.39 is 0 Å². The van der Waals surface area contributed by atoms with Gasteiger partial charge >= 0.3 is 5.97 Å². The third-order valence-electron chi connectivity index (χ3n) is 5.83. The topological polar surface area (TPSA) is 89.6 Å². The van der Waals surface area contributed by atoms with Crippen LogP contribution in [-0.2, 0) is 11.3 Å². The highest BCUT2D eigenvalue weighted by atomic mass is 32.1. The summed E-state index contributed by atoms with van der Waals surface area (Å²) in [5.41, 5.74) is 1.95. The molecule has 1 aliphatic carbocycles. The van der Waals surface area contributed by atoms with E-state index in [0.29, 0.717) is 29.3 Å². The van der Waals surface area contributed by atoms with Crippen LogP contribution in [0.15, 0.2) is 35.8 Å². The van der Waals surface area contributed by atoms with Crippen molar-refractivity contribution in [1.82, 2.24) is 10.3 Å².